The Hall–Kier alpha value is -2.51. The Morgan fingerprint density at radius 2 is 1.62 bits per heavy atom. The van der Waals surface area contributed by atoms with Gasteiger partial charge in [0.25, 0.3) is 5.91 Å². The number of aliphatic hydroxyl groups is 2. The number of allylic oxidation sites excluding steroid dienone is 1. The third kappa shape index (κ3) is 16.9. The topological polar surface area (TPSA) is 85.2 Å². The number of nitrogens with zero attached hydrogens (tertiary/aromatic N) is 2. The molecule has 2 aromatic rings. The van der Waals surface area contributed by atoms with E-state index in [0.29, 0.717) is 31.0 Å². The summed E-state index contributed by atoms with van der Waals surface area (Å²) in [4.78, 5) is 18.1. The van der Waals surface area contributed by atoms with Gasteiger partial charge in [0.2, 0.25) is 0 Å². The van der Waals surface area contributed by atoms with Crippen LogP contribution in [0.5, 0.6) is 0 Å². The van der Waals surface area contributed by atoms with Gasteiger partial charge < -0.3 is 15.5 Å². The van der Waals surface area contributed by atoms with Gasteiger partial charge in [-0.15, -0.1) is 0 Å². The Morgan fingerprint density at radius 1 is 1.05 bits per heavy atom. The molecular weight excluding hydrogens is 510 g/mol. The van der Waals surface area contributed by atoms with Crippen molar-refractivity contribution in [2.24, 2.45) is 10.9 Å². The molecular formula is C32H50ClN3O3. The highest BCUT2D eigenvalue weighted by atomic mass is 35.5. The van der Waals surface area contributed by atoms with Crippen molar-refractivity contribution in [3.63, 3.8) is 0 Å². The van der Waals surface area contributed by atoms with Gasteiger partial charge in [0, 0.05) is 37.4 Å². The summed E-state index contributed by atoms with van der Waals surface area (Å²) in [6, 6.07) is 13.5. The summed E-state index contributed by atoms with van der Waals surface area (Å²) in [5.74, 6) is 0.642. The second-order valence-electron chi connectivity index (χ2n) is 9.93. The van der Waals surface area contributed by atoms with Crippen LogP contribution >= 0.6 is 11.6 Å². The quantitative estimate of drug-likeness (QED) is 0.267. The first-order valence-corrected chi connectivity index (χ1v) is 14.1. The molecule has 0 aliphatic heterocycles. The molecule has 0 atom stereocenters. The predicted octanol–water partition coefficient (Wildman–Crippen LogP) is 6.71. The number of amides is 1. The summed E-state index contributed by atoms with van der Waals surface area (Å²) in [5, 5.41) is 21.7. The number of halogens is 1. The van der Waals surface area contributed by atoms with Crippen molar-refractivity contribution in [2.45, 2.75) is 67.9 Å². The number of aliphatic hydroxyl groups excluding tert-OH is 2. The molecule has 0 unspecified atom stereocenters. The van der Waals surface area contributed by atoms with Gasteiger partial charge in [-0.05, 0) is 80.1 Å². The minimum atomic E-state index is -0.242. The molecule has 0 radical (unpaired) electrons. The third-order valence-electron chi connectivity index (χ3n) is 5.86. The van der Waals surface area contributed by atoms with Crippen LogP contribution in [0.2, 0.25) is 5.02 Å². The smallest absolute Gasteiger partial charge is 0.273 e. The highest BCUT2D eigenvalue weighted by Gasteiger charge is 2.09. The summed E-state index contributed by atoms with van der Waals surface area (Å²) in [5.41, 5.74) is 5.80. The summed E-state index contributed by atoms with van der Waals surface area (Å²) in [6.07, 6.45) is 4.11. The minimum absolute atomic E-state index is 0.0532. The van der Waals surface area contributed by atoms with Crippen LogP contribution in [0.4, 0.5) is 5.69 Å². The first-order chi connectivity index (χ1) is 18.5. The van der Waals surface area contributed by atoms with Gasteiger partial charge >= 0.3 is 0 Å². The fourth-order valence-corrected chi connectivity index (χ4v) is 3.42. The van der Waals surface area contributed by atoms with Crippen LogP contribution in [-0.4, -0.2) is 60.1 Å². The molecule has 3 N–H and O–H groups in total. The van der Waals surface area contributed by atoms with E-state index in [4.69, 9.17) is 21.8 Å². The number of aryl methyl sites for hydroxylation is 2. The summed E-state index contributed by atoms with van der Waals surface area (Å²) in [6.45, 7) is 16.5. The second kappa shape index (κ2) is 21.3. The van der Waals surface area contributed by atoms with Crippen molar-refractivity contribution < 1.29 is 15.0 Å². The summed E-state index contributed by atoms with van der Waals surface area (Å²) in [7, 11) is 1.59. The Kier molecular flexibility index (Phi) is 20.0. The SMILES string of the molecule is CCC(C)C.CCc1cc(Cl)ccc1C.CN=C(C=C(C)C)C(=O)Nc1ccc(CN(CCO)CCO)cc1. The van der Waals surface area contributed by atoms with Gasteiger partial charge in [-0.3, -0.25) is 14.7 Å². The molecule has 39 heavy (non-hydrogen) atoms. The lowest BCUT2D eigenvalue weighted by molar-refractivity contribution is -0.110. The van der Waals surface area contributed by atoms with Gasteiger partial charge in [0.05, 0.1) is 13.2 Å². The average molecular weight is 560 g/mol. The zero-order valence-electron chi connectivity index (χ0n) is 25.2. The van der Waals surface area contributed by atoms with E-state index in [9.17, 15) is 4.79 Å². The molecule has 0 aliphatic carbocycles. The second-order valence-corrected chi connectivity index (χ2v) is 10.4. The molecule has 0 heterocycles. The van der Waals surface area contributed by atoms with Crippen LogP contribution in [0.15, 0.2) is 59.1 Å². The van der Waals surface area contributed by atoms with Crippen molar-refractivity contribution in [1.82, 2.24) is 4.90 Å². The highest BCUT2D eigenvalue weighted by molar-refractivity contribution is 6.47. The van der Waals surface area contributed by atoms with Crippen LogP contribution in [0.1, 0.15) is 64.7 Å². The lowest BCUT2D eigenvalue weighted by atomic mass is 10.1. The molecule has 0 saturated carbocycles. The molecule has 0 bridgehead atoms. The molecule has 0 aliphatic rings. The average Bonchev–Trinajstić information content (AvgIpc) is 2.90. The molecule has 218 valence electrons. The van der Waals surface area contributed by atoms with E-state index >= 15 is 0 Å². The van der Waals surface area contributed by atoms with Crippen LogP contribution in [0, 0.1) is 12.8 Å². The van der Waals surface area contributed by atoms with Crippen molar-refractivity contribution >= 4 is 28.9 Å². The molecule has 1 amide bonds. The number of rotatable bonds is 11. The van der Waals surface area contributed by atoms with Gasteiger partial charge in [-0.2, -0.15) is 0 Å². The predicted molar refractivity (Wildman–Crippen MR) is 168 cm³/mol. The fourth-order valence-electron chi connectivity index (χ4n) is 3.23. The lowest BCUT2D eigenvalue weighted by Gasteiger charge is -2.20. The fraction of sp³-hybridized carbons (Fsp3) is 0.500. The number of benzene rings is 2. The molecule has 7 heteroatoms. The maximum atomic E-state index is 12.2. The van der Waals surface area contributed by atoms with Crippen LogP contribution in [0.25, 0.3) is 0 Å². The monoisotopic (exact) mass is 559 g/mol. The van der Waals surface area contributed by atoms with E-state index in [2.05, 4.69) is 51.0 Å². The third-order valence-corrected chi connectivity index (χ3v) is 6.09. The number of hydrogen-bond donors (Lipinski definition) is 3. The zero-order chi connectivity index (χ0) is 29.8. The molecule has 0 spiro atoms. The van der Waals surface area contributed by atoms with Crippen molar-refractivity contribution in [2.75, 3.05) is 38.7 Å². The van der Waals surface area contributed by atoms with E-state index in [0.717, 1.165) is 28.5 Å². The van der Waals surface area contributed by atoms with E-state index in [1.54, 1.807) is 13.1 Å². The van der Waals surface area contributed by atoms with Crippen LogP contribution < -0.4 is 5.32 Å². The first kappa shape index (κ1) is 36.5. The Bertz CT molecular complexity index is 1010. The molecule has 0 aromatic heterocycles. The normalized spacial score (nSPS) is 10.8. The maximum Gasteiger partial charge on any atom is 0.273 e. The first-order valence-electron chi connectivity index (χ1n) is 13.7. The number of carbonyl (C=O) groups excluding carboxylic acids is 1. The zero-order valence-corrected chi connectivity index (χ0v) is 26.0. The molecule has 0 saturated heterocycles. The summed E-state index contributed by atoms with van der Waals surface area (Å²) < 4.78 is 0. The molecule has 2 aromatic carbocycles. The number of nitrogens with one attached hydrogen (secondary N) is 1. The number of aliphatic imine (C=N–C) groups is 1. The minimum Gasteiger partial charge on any atom is -0.395 e. The van der Waals surface area contributed by atoms with Crippen LogP contribution in [-0.2, 0) is 17.8 Å². The van der Waals surface area contributed by atoms with Crippen molar-refractivity contribution in [3.8, 4) is 0 Å². The van der Waals surface area contributed by atoms with Gasteiger partial charge in [-0.1, -0.05) is 69.5 Å². The largest absolute Gasteiger partial charge is 0.395 e. The van der Waals surface area contributed by atoms with E-state index in [-0.39, 0.29) is 19.1 Å². The molecule has 6 nitrogen and oxygen atoms in total. The Balaban J connectivity index is 0.000000784. The molecule has 2 rings (SSSR count). The Morgan fingerprint density at radius 3 is 2.03 bits per heavy atom. The standard InChI is InChI=1S/C18H27N3O3.C9H11Cl.C5H12/c1-14(2)12-17(19-3)18(24)20-16-6-4-15(5-7-16)13-21(8-10-22)9-11-23;1-3-8-6-9(10)5-4-7(8)2;1-4-5(2)3/h4-7,12,22-23H,8-11,13H2,1-3H3,(H,20,24);4-6H,3H2,1-2H3;5H,4H2,1-3H3. The van der Waals surface area contributed by atoms with Crippen LogP contribution in [0.3, 0.4) is 0 Å². The lowest BCUT2D eigenvalue weighted by Crippen LogP contribution is -2.29. The highest BCUT2D eigenvalue weighted by Crippen LogP contribution is 2.15. The maximum absolute atomic E-state index is 12.2. The van der Waals surface area contributed by atoms with Gasteiger partial charge in [-0.25, -0.2) is 0 Å². The van der Waals surface area contributed by atoms with Crippen molar-refractivity contribution in [1.29, 1.82) is 0 Å². The molecule has 0 fully saturated rings. The number of carbonyl (C=O) groups is 1. The van der Waals surface area contributed by atoms with E-state index < -0.39 is 0 Å². The van der Waals surface area contributed by atoms with Gasteiger partial charge in [0.1, 0.15) is 5.71 Å². The summed E-state index contributed by atoms with van der Waals surface area (Å²) >= 11 is 5.80. The van der Waals surface area contributed by atoms with E-state index in [1.165, 1.54) is 17.5 Å². The van der Waals surface area contributed by atoms with E-state index in [1.807, 2.05) is 55.1 Å². The van der Waals surface area contributed by atoms with Gasteiger partial charge in [0.15, 0.2) is 0 Å². The number of anilines is 1. The van der Waals surface area contributed by atoms with Crippen molar-refractivity contribution in [3.05, 3.63) is 75.8 Å². The Labute approximate surface area is 241 Å². The number of hydrogen-bond acceptors (Lipinski definition) is 5.